The average molecular weight is 544 g/mol. The molecule has 0 radical (unpaired) electrons. The van der Waals surface area contributed by atoms with Crippen molar-refractivity contribution in [3.63, 3.8) is 0 Å². The summed E-state index contributed by atoms with van der Waals surface area (Å²) < 4.78 is 54.2. The number of carbonyl (C=O) groups is 1. The molecular formula is C21H20Cl3F3N2O5. The second-order valence-corrected chi connectivity index (χ2v) is 7.91. The second kappa shape index (κ2) is 13.5. The summed E-state index contributed by atoms with van der Waals surface area (Å²) in [6.07, 6.45) is -2.08. The summed E-state index contributed by atoms with van der Waals surface area (Å²) in [4.78, 5) is 16.1. The highest BCUT2D eigenvalue weighted by Gasteiger charge is 2.30. The molecule has 186 valence electrons. The number of carbonyl (C=O) groups excluding carboxylic acids is 1. The van der Waals surface area contributed by atoms with Crippen LogP contribution in [-0.4, -0.2) is 49.0 Å². The lowest BCUT2D eigenvalue weighted by molar-refractivity contribution is -0.137. The predicted octanol–water partition coefficient (Wildman–Crippen LogP) is 5.02. The molecule has 2 rings (SSSR count). The maximum Gasteiger partial charge on any atom is 0.417 e. The first kappa shape index (κ1) is 27.8. The van der Waals surface area contributed by atoms with Gasteiger partial charge in [0, 0.05) is 31.3 Å². The van der Waals surface area contributed by atoms with Crippen LogP contribution in [-0.2, 0) is 6.18 Å². The topological polar surface area (TPSA) is 89.9 Å². The molecule has 34 heavy (non-hydrogen) atoms. The Morgan fingerprint density at radius 3 is 2.50 bits per heavy atom. The number of halogens is 6. The van der Waals surface area contributed by atoms with E-state index < -0.39 is 17.6 Å². The Balaban J connectivity index is 1.99. The van der Waals surface area contributed by atoms with E-state index in [0.717, 1.165) is 12.1 Å². The lowest BCUT2D eigenvalue weighted by Gasteiger charge is -2.15. The molecule has 0 saturated heterocycles. The number of aliphatic hydroxyl groups excluding tert-OH is 1. The van der Waals surface area contributed by atoms with Gasteiger partial charge in [0.15, 0.2) is 5.75 Å². The fraction of sp³-hybridized carbons (Fsp3) is 0.333. The summed E-state index contributed by atoms with van der Waals surface area (Å²) in [7, 11) is 0. The van der Waals surface area contributed by atoms with Gasteiger partial charge in [-0.05, 0) is 18.2 Å². The summed E-state index contributed by atoms with van der Waals surface area (Å²) in [5, 5.41) is 11.6. The molecule has 1 heterocycles. The van der Waals surface area contributed by atoms with Crippen molar-refractivity contribution in [3.05, 3.63) is 57.2 Å². The Hall–Kier alpha value is -2.40. The lowest BCUT2D eigenvalue weighted by Crippen LogP contribution is -2.27. The zero-order valence-electron chi connectivity index (χ0n) is 17.5. The molecule has 1 aromatic heterocycles. The Bertz CT molecular complexity index is 985. The summed E-state index contributed by atoms with van der Waals surface area (Å²) in [6, 6.07) is 4.84. The number of rotatable bonds is 12. The van der Waals surface area contributed by atoms with Crippen LogP contribution in [0.2, 0.25) is 5.02 Å². The number of pyridine rings is 1. The van der Waals surface area contributed by atoms with Gasteiger partial charge in [-0.15, -0.1) is 0 Å². The summed E-state index contributed by atoms with van der Waals surface area (Å²) in [6.45, 7) is -0.0498. The monoisotopic (exact) mass is 542 g/mol. The molecule has 1 amide bonds. The van der Waals surface area contributed by atoms with E-state index >= 15 is 0 Å². The van der Waals surface area contributed by atoms with Gasteiger partial charge in [0.05, 0.1) is 36.0 Å². The van der Waals surface area contributed by atoms with Crippen LogP contribution in [0, 0.1) is 0 Å². The summed E-state index contributed by atoms with van der Waals surface area (Å²) in [5.74, 6) is -0.174. The van der Waals surface area contributed by atoms with Crippen molar-refractivity contribution in [2.75, 3.05) is 33.0 Å². The lowest BCUT2D eigenvalue weighted by atomic mass is 10.1. The number of benzene rings is 1. The molecule has 0 unspecified atom stereocenters. The maximum absolute atomic E-state index is 12.6. The molecule has 7 nitrogen and oxygen atoms in total. The molecule has 0 aliphatic heterocycles. The zero-order chi connectivity index (χ0) is 25.1. The molecule has 0 spiro atoms. The van der Waals surface area contributed by atoms with Gasteiger partial charge in [0.2, 0.25) is 5.88 Å². The molecule has 2 aromatic rings. The highest BCUT2D eigenvalue weighted by Crippen LogP contribution is 2.34. The number of nitrogens with zero attached hydrogens (tertiary/aromatic N) is 1. The average Bonchev–Trinajstić information content (AvgIpc) is 2.77. The van der Waals surface area contributed by atoms with Gasteiger partial charge in [-0.25, -0.2) is 4.98 Å². The first-order chi connectivity index (χ1) is 16.1. The fourth-order valence-corrected chi connectivity index (χ4v) is 2.87. The minimum absolute atomic E-state index is 0.0134. The van der Waals surface area contributed by atoms with Crippen LogP contribution in [0.1, 0.15) is 22.3 Å². The van der Waals surface area contributed by atoms with E-state index in [0.29, 0.717) is 12.6 Å². The van der Waals surface area contributed by atoms with Crippen molar-refractivity contribution in [1.82, 2.24) is 10.3 Å². The summed E-state index contributed by atoms with van der Waals surface area (Å²) >= 11 is 17.4. The molecule has 0 fully saturated rings. The van der Waals surface area contributed by atoms with Crippen LogP contribution in [0.4, 0.5) is 13.2 Å². The Kier molecular flexibility index (Phi) is 11.0. The third kappa shape index (κ3) is 9.09. The molecule has 0 atom stereocenters. The summed E-state index contributed by atoms with van der Waals surface area (Å²) in [5.41, 5.74) is -0.804. The van der Waals surface area contributed by atoms with Crippen LogP contribution in [0.15, 0.2) is 41.0 Å². The van der Waals surface area contributed by atoms with Crippen molar-refractivity contribution in [2.24, 2.45) is 0 Å². The van der Waals surface area contributed by atoms with Crippen LogP contribution in [0.25, 0.3) is 0 Å². The minimum Gasteiger partial charge on any atom is -0.491 e. The highest BCUT2D eigenvalue weighted by molar-refractivity contribution is 6.55. The smallest absolute Gasteiger partial charge is 0.417 e. The quantitative estimate of drug-likeness (QED) is 0.366. The molecule has 13 heteroatoms. The minimum atomic E-state index is -4.48. The number of amides is 1. The number of ether oxygens (including phenoxy) is 3. The van der Waals surface area contributed by atoms with E-state index in [-0.39, 0.29) is 65.4 Å². The standard InChI is InChI=1S/C21H20Cl3F3N2O5/c22-16-11-14(32-9-4-17(23)24)10-15(20(31)28-5-6-30)19(16)34-8-1-7-33-18-3-2-13(12-29-18)21(25,26)27/h2-4,10-12,30H,1,5-9H2,(H,28,31). The number of aromatic nitrogens is 1. The third-order valence-corrected chi connectivity index (χ3v) is 4.58. The van der Waals surface area contributed by atoms with Gasteiger partial charge in [-0.1, -0.05) is 34.8 Å². The van der Waals surface area contributed by atoms with E-state index in [1.54, 1.807) is 0 Å². The van der Waals surface area contributed by atoms with Crippen LogP contribution in [0.5, 0.6) is 17.4 Å². The van der Waals surface area contributed by atoms with Crippen molar-refractivity contribution in [3.8, 4) is 17.4 Å². The number of alkyl halides is 3. The Labute approximate surface area is 208 Å². The van der Waals surface area contributed by atoms with Gasteiger partial charge in [-0.2, -0.15) is 13.2 Å². The number of hydrogen-bond donors (Lipinski definition) is 2. The van der Waals surface area contributed by atoms with E-state index in [2.05, 4.69) is 10.3 Å². The zero-order valence-corrected chi connectivity index (χ0v) is 19.8. The van der Waals surface area contributed by atoms with E-state index in [1.165, 1.54) is 18.2 Å². The fourth-order valence-electron chi connectivity index (χ4n) is 2.48. The molecule has 1 aromatic carbocycles. The molecular weight excluding hydrogens is 524 g/mol. The molecule has 0 bridgehead atoms. The molecule has 0 aliphatic rings. The largest absolute Gasteiger partial charge is 0.491 e. The van der Waals surface area contributed by atoms with Gasteiger partial charge in [0.1, 0.15) is 16.8 Å². The molecule has 0 saturated carbocycles. The van der Waals surface area contributed by atoms with Gasteiger partial charge in [0.25, 0.3) is 5.91 Å². The Morgan fingerprint density at radius 1 is 1.15 bits per heavy atom. The van der Waals surface area contributed by atoms with Gasteiger partial charge >= 0.3 is 6.18 Å². The van der Waals surface area contributed by atoms with Crippen molar-refractivity contribution in [2.45, 2.75) is 12.6 Å². The highest BCUT2D eigenvalue weighted by atomic mass is 35.5. The maximum atomic E-state index is 12.6. The van der Waals surface area contributed by atoms with E-state index in [4.69, 9.17) is 54.1 Å². The SMILES string of the molecule is O=C(NCCO)c1cc(OCC=C(Cl)Cl)cc(Cl)c1OCCCOc1ccc(C(F)(F)F)cn1. The van der Waals surface area contributed by atoms with Crippen LogP contribution >= 0.6 is 34.8 Å². The second-order valence-electron chi connectivity index (χ2n) is 6.50. The first-order valence-corrected chi connectivity index (χ1v) is 10.9. The number of aliphatic hydroxyl groups is 1. The number of nitrogens with one attached hydrogen (secondary N) is 1. The van der Waals surface area contributed by atoms with E-state index in [9.17, 15) is 18.0 Å². The molecule has 0 aliphatic carbocycles. The number of hydrogen-bond acceptors (Lipinski definition) is 6. The normalized spacial score (nSPS) is 11.0. The molecule has 2 N–H and O–H groups in total. The predicted molar refractivity (Wildman–Crippen MR) is 121 cm³/mol. The van der Waals surface area contributed by atoms with Crippen LogP contribution < -0.4 is 19.5 Å². The van der Waals surface area contributed by atoms with Gasteiger partial charge < -0.3 is 24.6 Å². The van der Waals surface area contributed by atoms with Gasteiger partial charge in [-0.3, -0.25) is 4.79 Å². The van der Waals surface area contributed by atoms with Crippen molar-refractivity contribution < 1.29 is 37.3 Å². The first-order valence-electron chi connectivity index (χ1n) is 9.77. The third-order valence-electron chi connectivity index (χ3n) is 4.00. The van der Waals surface area contributed by atoms with E-state index in [1.807, 2.05) is 0 Å². The van der Waals surface area contributed by atoms with Crippen molar-refractivity contribution >= 4 is 40.7 Å². The Morgan fingerprint density at radius 2 is 1.88 bits per heavy atom. The van der Waals surface area contributed by atoms with Crippen LogP contribution in [0.3, 0.4) is 0 Å². The van der Waals surface area contributed by atoms with Crippen molar-refractivity contribution in [1.29, 1.82) is 0 Å².